The van der Waals surface area contributed by atoms with Gasteiger partial charge in [-0.2, -0.15) is 0 Å². The molecule has 0 aliphatic carbocycles. The summed E-state index contributed by atoms with van der Waals surface area (Å²) in [4.78, 5) is 2.23. The number of unbranched alkanes of at least 4 members (excludes halogenated alkanes) is 1. The number of rotatable bonds is 9. The van der Waals surface area contributed by atoms with Crippen LogP contribution in [0.5, 0.6) is 0 Å². The monoisotopic (exact) mass is 276 g/mol. The van der Waals surface area contributed by atoms with E-state index in [1.807, 2.05) is 13.8 Å². The molecule has 0 spiro atoms. The van der Waals surface area contributed by atoms with Gasteiger partial charge in [-0.15, -0.1) is 0 Å². The van der Waals surface area contributed by atoms with Crippen LogP contribution in [-0.2, 0) is 4.74 Å². The van der Waals surface area contributed by atoms with Gasteiger partial charge in [-0.3, -0.25) is 0 Å². The summed E-state index contributed by atoms with van der Waals surface area (Å²) in [5.74, 6) is 0. The predicted molar refractivity (Wildman–Crippen MR) is 88.3 cm³/mol. The Labute approximate surface area is 122 Å². The molecule has 0 aromatic heterocycles. The van der Waals surface area contributed by atoms with E-state index in [1.54, 1.807) is 0 Å². The van der Waals surface area contributed by atoms with E-state index in [0.717, 1.165) is 19.4 Å². The van der Waals surface area contributed by atoms with Gasteiger partial charge in [0, 0.05) is 6.54 Å². The summed E-state index contributed by atoms with van der Waals surface area (Å²) < 4.78 is 6.31. The topological polar surface area (TPSA) is 47.5 Å². The first kappa shape index (κ1) is 23.9. The van der Waals surface area contributed by atoms with Crippen LogP contribution < -0.4 is 6.15 Å². The fourth-order valence-corrected chi connectivity index (χ4v) is 1.85. The van der Waals surface area contributed by atoms with Crippen LogP contribution >= 0.6 is 0 Å². The Balaban J connectivity index is -0.000000809. The summed E-state index contributed by atoms with van der Waals surface area (Å²) in [6, 6.07) is 0. The van der Waals surface area contributed by atoms with Gasteiger partial charge in [-0.05, 0) is 40.3 Å². The van der Waals surface area contributed by atoms with E-state index < -0.39 is 0 Å². The summed E-state index contributed by atoms with van der Waals surface area (Å²) >= 11 is 0. The van der Waals surface area contributed by atoms with Gasteiger partial charge in [0.05, 0.1) is 11.7 Å². The van der Waals surface area contributed by atoms with Crippen molar-refractivity contribution in [3.63, 3.8) is 0 Å². The molecule has 0 radical (unpaired) electrons. The van der Waals surface area contributed by atoms with Crippen LogP contribution in [0, 0.1) is 0 Å². The maximum atomic E-state index is 6.31. The van der Waals surface area contributed by atoms with Crippen molar-refractivity contribution in [1.82, 2.24) is 11.1 Å². The molecule has 3 N–H and O–H groups in total. The molecule has 120 valence electrons. The zero-order valence-electron chi connectivity index (χ0n) is 14.9. The van der Waals surface area contributed by atoms with Gasteiger partial charge < -0.3 is 15.8 Å². The molecule has 1 atom stereocenters. The van der Waals surface area contributed by atoms with Gasteiger partial charge in [-0.1, -0.05) is 47.5 Å². The number of hydrogen-bond donors (Lipinski definition) is 1. The first-order valence-corrected chi connectivity index (χ1v) is 7.80. The number of hydrogen-bond acceptors (Lipinski definition) is 3. The van der Waals surface area contributed by atoms with E-state index in [0.29, 0.717) is 6.10 Å². The minimum atomic E-state index is 0. The van der Waals surface area contributed by atoms with Crippen molar-refractivity contribution in [3.8, 4) is 0 Å². The molecule has 0 fully saturated rings. The third kappa shape index (κ3) is 12.6. The minimum absolute atomic E-state index is 0. The summed E-state index contributed by atoms with van der Waals surface area (Å²) in [7, 11) is 4.25. The SMILES string of the molecule is CC.CCCCC(CN(C)C)OC(C)(CC)CC.N. The first-order chi connectivity index (χ1) is 8.47. The molecule has 0 rings (SSSR count). The van der Waals surface area contributed by atoms with Crippen molar-refractivity contribution in [2.24, 2.45) is 0 Å². The molecule has 3 heteroatoms. The van der Waals surface area contributed by atoms with Crippen LogP contribution in [0.2, 0.25) is 0 Å². The molecule has 0 aromatic carbocycles. The highest BCUT2D eigenvalue weighted by molar-refractivity contribution is 4.75. The van der Waals surface area contributed by atoms with Crippen LogP contribution in [0.1, 0.15) is 73.6 Å². The summed E-state index contributed by atoms with van der Waals surface area (Å²) in [6.07, 6.45) is 6.29. The largest absolute Gasteiger partial charge is 0.371 e. The molecule has 3 nitrogen and oxygen atoms in total. The van der Waals surface area contributed by atoms with Gasteiger partial charge in [-0.25, -0.2) is 0 Å². The molecule has 0 aliphatic rings. The Morgan fingerprint density at radius 1 is 1.05 bits per heavy atom. The van der Waals surface area contributed by atoms with Crippen molar-refractivity contribution in [3.05, 3.63) is 0 Å². The molecule has 0 amide bonds. The second-order valence-electron chi connectivity index (χ2n) is 5.30. The standard InChI is InChI=1S/C14H31NO.C2H6.H3N/c1-7-10-11-13(12-15(5)6)16-14(4,8-2)9-3;1-2;/h13H,7-12H2,1-6H3;1-2H3;1H3. The molecule has 0 saturated carbocycles. The zero-order chi connectivity index (χ0) is 14.6. The van der Waals surface area contributed by atoms with Crippen LogP contribution in [-0.4, -0.2) is 37.2 Å². The molecule has 0 aromatic rings. The molecule has 0 heterocycles. The average molecular weight is 277 g/mol. The van der Waals surface area contributed by atoms with Gasteiger partial charge in [0.2, 0.25) is 0 Å². The van der Waals surface area contributed by atoms with Crippen molar-refractivity contribution < 1.29 is 4.74 Å². The van der Waals surface area contributed by atoms with Crippen molar-refractivity contribution in [2.45, 2.75) is 85.4 Å². The second-order valence-corrected chi connectivity index (χ2v) is 5.30. The number of likely N-dealkylation sites (N-methyl/N-ethyl adjacent to an activating group) is 1. The third-order valence-electron chi connectivity index (χ3n) is 3.40. The molecular weight excluding hydrogens is 236 g/mol. The highest BCUT2D eigenvalue weighted by Gasteiger charge is 2.25. The second kappa shape index (κ2) is 14.3. The van der Waals surface area contributed by atoms with Gasteiger partial charge in [0.15, 0.2) is 0 Å². The number of ether oxygens (including phenoxy) is 1. The average Bonchev–Trinajstić information content (AvgIpc) is 2.37. The zero-order valence-corrected chi connectivity index (χ0v) is 14.9. The predicted octanol–water partition coefficient (Wildman–Crippen LogP) is 4.89. The van der Waals surface area contributed by atoms with E-state index in [9.17, 15) is 0 Å². The summed E-state index contributed by atoms with van der Waals surface area (Å²) in [6.45, 7) is 14.0. The minimum Gasteiger partial charge on any atom is -0.371 e. The molecular formula is C16H40N2O. The Hall–Kier alpha value is -0.120. The fourth-order valence-electron chi connectivity index (χ4n) is 1.85. The van der Waals surface area contributed by atoms with Crippen LogP contribution in [0.15, 0.2) is 0 Å². The van der Waals surface area contributed by atoms with Crippen LogP contribution in [0.4, 0.5) is 0 Å². The number of nitrogens with zero attached hydrogens (tertiary/aromatic N) is 1. The smallest absolute Gasteiger partial charge is 0.0709 e. The lowest BCUT2D eigenvalue weighted by molar-refractivity contribution is -0.0966. The van der Waals surface area contributed by atoms with Crippen molar-refractivity contribution in [1.29, 1.82) is 0 Å². The molecule has 0 bridgehead atoms. The summed E-state index contributed by atoms with van der Waals surface area (Å²) in [5, 5.41) is 0. The van der Waals surface area contributed by atoms with Gasteiger partial charge in [0.1, 0.15) is 0 Å². The van der Waals surface area contributed by atoms with E-state index in [2.05, 4.69) is 46.7 Å². The lowest BCUT2D eigenvalue weighted by Crippen LogP contribution is -2.37. The van der Waals surface area contributed by atoms with E-state index in [1.165, 1.54) is 19.3 Å². The fraction of sp³-hybridized carbons (Fsp3) is 1.00. The Morgan fingerprint density at radius 2 is 1.53 bits per heavy atom. The van der Waals surface area contributed by atoms with Crippen molar-refractivity contribution >= 4 is 0 Å². The quantitative estimate of drug-likeness (QED) is 0.652. The van der Waals surface area contributed by atoms with Crippen LogP contribution in [0.3, 0.4) is 0 Å². The molecule has 0 aliphatic heterocycles. The van der Waals surface area contributed by atoms with Gasteiger partial charge in [0.25, 0.3) is 0 Å². The Bertz CT molecular complexity index is 168. The van der Waals surface area contributed by atoms with E-state index in [4.69, 9.17) is 4.74 Å². The van der Waals surface area contributed by atoms with Crippen LogP contribution in [0.25, 0.3) is 0 Å². The normalized spacial score (nSPS) is 12.5. The highest BCUT2D eigenvalue weighted by Crippen LogP contribution is 2.23. The molecule has 19 heavy (non-hydrogen) atoms. The third-order valence-corrected chi connectivity index (χ3v) is 3.40. The lowest BCUT2D eigenvalue weighted by atomic mass is 9.99. The highest BCUT2D eigenvalue weighted by atomic mass is 16.5. The Morgan fingerprint density at radius 3 is 1.84 bits per heavy atom. The lowest BCUT2D eigenvalue weighted by Gasteiger charge is -2.34. The maximum absolute atomic E-state index is 6.31. The van der Waals surface area contributed by atoms with Crippen molar-refractivity contribution in [2.75, 3.05) is 20.6 Å². The first-order valence-electron chi connectivity index (χ1n) is 7.80. The summed E-state index contributed by atoms with van der Waals surface area (Å²) in [5.41, 5.74) is 0.0639. The molecule has 0 saturated heterocycles. The molecule has 1 unspecified atom stereocenters. The van der Waals surface area contributed by atoms with E-state index in [-0.39, 0.29) is 11.8 Å². The Kier molecular flexibility index (Phi) is 18.0. The maximum Gasteiger partial charge on any atom is 0.0709 e. The van der Waals surface area contributed by atoms with E-state index >= 15 is 0 Å². The van der Waals surface area contributed by atoms with Gasteiger partial charge >= 0.3 is 0 Å².